The summed E-state index contributed by atoms with van der Waals surface area (Å²) in [6, 6.07) is 10.7. The van der Waals surface area contributed by atoms with Crippen LogP contribution in [0.5, 0.6) is 0 Å². The lowest BCUT2D eigenvalue weighted by Crippen LogP contribution is -2.30. The normalized spacial score (nSPS) is 12.5. The topological polar surface area (TPSA) is 64.6 Å². The summed E-state index contributed by atoms with van der Waals surface area (Å²) in [5, 5.41) is 2.31. The summed E-state index contributed by atoms with van der Waals surface area (Å²) in [4.78, 5) is 24.3. The fourth-order valence-corrected chi connectivity index (χ4v) is 2.30. The SMILES string of the molecule is CC(C)OCc1ccc(C(=O)O[C@H](C)C(=O)Nc2cccc(C(F)(F)F)c2)cc1. The van der Waals surface area contributed by atoms with Gasteiger partial charge in [0.05, 0.1) is 23.8 Å². The van der Waals surface area contributed by atoms with Gasteiger partial charge in [-0.2, -0.15) is 13.2 Å². The minimum atomic E-state index is -4.52. The molecule has 8 heteroatoms. The molecule has 5 nitrogen and oxygen atoms in total. The molecule has 1 N–H and O–H groups in total. The van der Waals surface area contributed by atoms with Gasteiger partial charge in [-0.25, -0.2) is 4.79 Å². The van der Waals surface area contributed by atoms with E-state index >= 15 is 0 Å². The van der Waals surface area contributed by atoms with Gasteiger partial charge in [-0.3, -0.25) is 4.79 Å². The Hall–Kier alpha value is -2.87. The van der Waals surface area contributed by atoms with Gasteiger partial charge in [-0.05, 0) is 56.7 Å². The van der Waals surface area contributed by atoms with Gasteiger partial charge in [0.15, 0.2) is 6.10 Å². The first-order chi connectivity index (χ1) is 13.6. The summed E-state index contributed by atoms with van der Waals surface area (Å²) >= 11 is 0. The van der Waals surface area contributed by atoms with Crippen LogP contribution in [0.15, 0.2) is 48.5 Å². The Morgan fingerprint density at radius 2 is 1.69 bits per heavy atom. The third-order valence-corrected chi connectivity index (χ3v) is 3.88. The van der Waals surface area contributed by atoms with E-state index in [9.17, 15) is 22.8 Å². The van der Waals surface area contributed by atoms with E-state index < -0.39 is 29.7 Å². The lowest BCUT2D eigenvalue weighted by Gasteiger charge is -2.15. The Morgan fingerprint density at radius 3 is 2.28 bits per heavy atom. The van der Waals surface area contributed by atoms with Crippen molar-refractivity contribution < 1.29 is 32.2 Å². The van der Waals surface area contributed by atoms with Crippen LogP contribution >= 0.6 is 0 Å². The predicted molar refractivity (Wildman–Crippen MR) is 101 cm³/mol. The average molecular weight is 409 g/mol. The Kier molecular flexibility index (Phi) is 7.39. The zero-order valence-corrected chi connectivity index (χ0v) is 16.2. The van der Waals surface area contributed by atoms with Gasteiger partial charge in [0, 0.05) is 5.69 Å². The molecular weight excluding hydrogens is 387 g/mol. The zero-order valence-electron chi connectivity index (χ0n) is 16.2. The second kappa shape index (κ2) is 9.56. The van der Waals surface area contributed by atoms with Gasteiger partial charge in [-0.15, -0.1) is 0 Å². The molecule has 0 bridgehead atoms. The van der Waals surface area contributed by atoms with Gasteiger partial charge in [-0.1, -0.05) is 18.2 Å². The molecule has 0 unspecified atom stereocenters. The van der Waals surface area contributed by atoms with Crippen molar-refractivity contribution in [2.24, 2.45) is 0 Å². The third-order valence-electron chi connectivity index (χ3n) is 3.88. The van der Waals surface area contributed by atoms with Crippen molar-refractivity contribution in [3.63, 3.8) is 0 Å². The molecule has 0 aliphatic rings. The summed E-state index contributed by atoms with van der Waals surface area (Å²) in [6.07, 6.45) is -5.64. The number of ether oxygens (including phenoxy) is 2. The van der Waals surface area contributed by atoms with Gasteiger partial charge < -0.3 is 14.8 Å². The maximum Gasteiger partial charge on any atom is 0.416 e. The molecule has 0 saturated heterocycles. The highest BCUT2D eigenvalue weighted by Crippen LogP contribution is 2.30. The van der Waals surface area contributed by atoms with Crippen molar-refractivity contribution in [3.8, 4) is 0 Å². The summed E-state index contributed by atoms with van der Waals surface area (Å²) in [7, 11) is 0. The number of carbonyl (C=O) groups excluding carboxylic acids is 2. The molecule has 1 atom stereocenters. The van der Waals surface area contributed by atoms with Crippen molar-refractivity contribution >= 4 is 17.6 Å². The Labute approximate surface area is 166 Å². The number of halogens is 3. The molecule has 2 aromatic rings. The second-order valence-corrected chi connectivity index (χ2v) is 6.67. The van der Waals surface area contributed by atoms with E-state index in [1.165, 1.54) is 19.1 Å². The summed E-state index contributed by atoms with van der Waals surface area (Å²) in [6.45, 7) is 5.57. The first-order valence-electron chi connectivity index (χ1n) is 8.96. The fourth-order valence-electron chi connectivity index (χ4n) is 2.30. The van der Waals surface area contributed by atoms with Crippen LogP contribution in [-0.2, 0) is 27.1 Å². The highest BCUT2D eigenvalue weighted by molar-refractivity contribution is 5.97. The predicted octanol–water partition coefficient (Wildman–Crippen LogP) is 4.81. The smallest absolute Gasteiger partial charge is 0.416 e. The van der Waals surface area contributed by atoms with Crippen molar-refractivity contribution in [1.29, 1.82) is 0 Å². The largest absolute Gasteiger partial charge is 0.449 e. The van der Waals surface area contributed by atoms with E-state index in [1.807, 2.05) is 13.8 Å². The highest BCUT2D eigenvalue weighted by Gasteiger charge is 2.30. The highest BCUT2D eigenvalue weighted by atomic mass is 19.4. The fraction of sp³-hybridized carbons (Fsp3) is 0.333. The van der Waals surface area contributed by atoms with Gasteiger partial charge >= 0.3 is 12.1 Å². The monoisotopic (exact) mass is 409 g/mol. The minimum absolute atomic E-state index is 0.0396. The van der Waals surface area contributed by atoms with Crippen LogP contribution in [0.3, 0.4) is 0 Å². The van der Waals surface area contributed by atoms with Crippen molar-refractivity contribution in [2.45, 2.75) is 45.8 Å². The second-order valence-electron chi connectivity index (χ2n) is 6.67. The molecule has 156 valence electrons. The molecule has 0 heterocycles. The van der Waals surface area contributed by atoms with Crippen LogP contribution < -0.4 is 5.32 Å². The number of hydrogen-bond donors (Lipinski definition) is 1. The Bertz CT molecular complexity index is 848. The first-order valence-corrected chi connectivity index (χ1v) is 8.96. The van der Waals surface area contributed by atoms with Crippen LogP contribution in [0.25, 0.3) is 0 Å². The molecule has 1 amide bonds. The summed E-state index contributed by atoms with van der Waals surface area (Å²) < 4.78 is 48.8. The van der Waals surface area contributed by atoms with Crippen LogP contribution in [0, 0.1) is 0 Å². The van der Waals surface area contributed by atoms with Gasteiger partial charge in [0.2, 0.25) is 0 Å². The number of carbonyl (C=O) groups is 2. The lowest BCUT2D eigenvalue weighted by molar-refractivity contribution is -0.137. The Morgan fingerprint density at radius 1 is 1.03 bits per heavy atom. The first kappa shape index (κ1) is 22.4. The average Bonchev–Trinajstić information content (AvgIpc) is 2.66. The van der Waals surface area contributed by atoms with E-state index in [2.05, 4.69) is 5.32 Å². The quantitative estimate of drug-likeness (QED) is 0.667. The van der Waals surface area contributed by atoms with Crippen LogP contribution in [0.1, 0.15) is 42.3 Å². The maximum atomic E-state index is 12.7. The van der Waals surface area contributed by atoms with Crippen molar-refractivity contribution in [2.75, 3.05) is 5.32 Å². The van der Waals surface area contributed by atoms with Crippen LogP contribution in [0.2, 0.25) is 0 Å². The molecule has 0 radical (unpaired) electrons. The van der Waals surface area contributed by atoms with Crippen molar-refractivity contribution in [3.05, 3.63) is 65.2 Å². The number of benzene rings is 2. The Balaban J connectivity index is 1.94. The molecule has 0 spiro atoms. The van der Waals surface area contributed by atoms with E-state index in [0.717, 1.165) is 17.7 Å². The molecule has 0 aromatic heterocycles. The standard InChI is InChI=1S/C21H22F3NO4/c1-13(2)28-12-15-7-9-16(10-8-15)20(27)29-14(3)19(26)25-18-6-4-5-17(11-18)21(22,23)24/h4-11,13-14H,12H2,1-3H3,(H,25,26)/t14-/m1/s1. The van der Waals surface area contributed by atoms with E-state index in [-0.39, 0.29) is 17.4 Å². The molecule has 2 aromatic carbocycles. The van der Waals surface area contributed by atoms with E-state index in [4.69, 9.17) is 9.47 Å². The zero-order chi connectivity index (χ0) is 21.6. The van der Waals surface area contributed by atoms with Crippen LogP contribution in [-0.4, -0.2) is 24.1 Å². The minimum Gasteiger partial charge on any atom is -0.449 e. The lowest BCUT2D eigenvalue weighted by atomic mass is 10.1. The molecule has 2 rings (SSSR count). The molecule has 0 aliphatic carbocycles. The maximum absolute atomic E-state index is 12.7. The number of anilines is 1. The molecular formula is C21H22F3NO4. The number of rotatable bonds is 7. The molecule has 0 aliphatic heterocycles. The summed E-state index contributed by atoms with van der Waals surface area (Å²) in [5.41, 5.74) is 0.200. The number of nitrogens with one attached hydrogen (secondary N) is 1. The number of esters is 1. The van der Waals surface area contributed by atoms with Crippen molar-refractivity contribution in [1.82, 2.24) is 0 Å². The number of alkyl halides is 3. The molecule has 0 saturated carbocycles. The molecule has 29 heavy (non-hydrogen) atoms. The third kappa shape index (κ3) is 6.90. The van der Waals surface area contributed by atoms with Gasteiger partial charge in [0.1, 0.15) is 0 Å². The van der Waals surface area contributed by atoms with E-state index in [1.54, 1.807) is 24.3 Å². The summed E-state index contributed by atoms with van der Waals surface area (Å²) in [5.74, 6) is -1.45. The van der Waals surface area contributed by atoms with E-state index in [0.29, 0.717) is 6.61 Å². The van der Waals surface area contributed by atoms with Gasteiger partial charge in [0.25, 0.3) is 5.91 Å². The molecule has 0 fully saturated rings. The number of hydrogen-bond acceptors (Lipinski definition) is 4. The number of amides is 1. The van der Waals surface area contributed by atoms with Crippen LogP contribution in [0.4, 0.5) is 18.9 Å².